The van der Waals surface area contributed by atoms with Crippen LogP contribution >= 0.6 is 0 Å². The lowest BCUT2D eigenvalue weighted by Gasteiger charge is -2.34. The van der Waals surface area contributed by atoms with Crippen LogP contribution in [0.2, 0.25) is 0 Å². The lowest BCUT2D eigenvalue weighted by Crippen LogP contribution is -2.52. The lowest BCUT2D eigenvalue weighted by molar-refractivity contribution is -0.138. The van der Waals surface area contributed by atoms with Crippen molar-refractivity contribution >= 4 is 11.8 Å². The van der Waals surface area contributed by atoms with Gasteiger partial charge in [-0.1, -0.05) is 20.8 Å². The first kappa shape index (κ1) is 14.2. The number of imide groups is 1. The molecule has 0 saturated carbocycles. The summed E-state index contributed by atoms with van der Waals surface area (Å²) in [5, 5.41) is 3.41. The number of likely N-dealkylation sites (tertiary alicyclic amines) is 1. The molecule has 17 heavy (non-hydrogen) atoms. The summed E-state index contributed by atoms with van der Waals surface area (Å²) in [5.74, 6) is -0.107. The van der Waals surface area contributed by atoms with Gasteiger partial charge in [-0.25, -0.2) is 0 Å². The van der Waals surface area contributed by atoms with E-state index in [9.17, 15) is 9.59 Å². The minimum Gasteiger partial charge on any atom is -0.300 e. The molecule has 1 fully saturated rings. The van der Waals surface area contributed by atoms with Gasteiger partial charge in [0.15, 0.2) is 0 Å². The van der Waals surface area contributed by atoms with Crippen LogP contribution < -0.4 is 5.32 Å². The maximum Gasteiger partial charge on any atom is 0.246 e. The molecule has 0 aromatic rings. The standard InChI is InChI=1S/C13H24N2O2/c1-5-13(6-2,7-3)14-10-9-11(16)15(8-4)12(10)17/h10,14H,5-9H2,1-4H3. The van der Waals surface area contributed by atoms with Crippen molar-refractivity contribution in [2.75, 3.05) is 6.54 Å². The van der Waals surface area contributed by atoms with Crippen LogP contribution in [0, 0.1) is 0 Å². The van der Waals surface area contributed by atoms with Crippen molar-refractivity contribution in [3.05, 3.63) is 0 Å². The first-order valence-corrected chi connectivity index (χ1v) is 6.65. The van der Waals surface area contributed by atoms with Gasteiger partial charge >= 0.3 is 0 Å². The third kappa shape index (κ3) is 2.68. The molecule has 1 rings (SSSR count). The number of likely N-dealkylation sites (N-methyl/N-ethyl adjacent to an activating group) is 1. The molecular weight excluding hydrogens is 216 g/mol. The third-order valence-electron chi connectivity index (χ3n) is 4.07. The highest BCUT2D eigenvalue weighted by Gasteiger charge is 2.40. The third-order valence-corrected chi connectivity index (χ3v) is 4.07. The largest absolute Gasteiger partial charge is 0.300 e. The van der Waals surface area contributed by atoms with Gasteiger partial charge < -0.3 is 0 Å². The van der Waals surface area contributed by atoms with Crippen molar-refractivity contribution in [3.8, 4) is 0 Å². The predicted octanol–water partition coefficient (Wildman–Crippen LogP) is 1.69. The van der Waals surface area contributed by atoms with Gasteiger partial charge in [0.1, 0.15) is 0 Å². The van der Waals surface area contributed by atoms with E-state index < -0.39 is 0 Å². The molecule has 4 heteroatoms. The Bertz CT molecular complexity index is 290. The van der Waals surface area contributed by atoms with Gasteiger partial charge in [0.2, 0.25) is 11.8 Å². The van der Waals surface area contributed by atoms with E-state index in [2.05, 4.69) is 26.1 Å². The van der Waals surface area contributed by atoms with Crippen LogP contribution in [0.25, 0.3) is 0 Å². The molecule has 0 radical (unpaired) electrons. The van der Waals surface area contributed by atoms with Crippen LogP contribution in [0.4, 0.5) is 0 Å². The molecule has 0 aromatic heterocycles. The summed E-state index contributed by atoms with van der Waals surface area (Å²) in [5.41, 5.74) is -0.00957. The van der Waals surface area contributed by atoms with Gasteiger partial charge in [-0.3, -0.25) is 19.8 Å². The molecule has 1 aliphatic heterocycles. The van der Waals surface area contributed by atoms with E-state index >= 15 is 0 Å². The SMILES string of the molecule is CCN1C(=O)CC(NC(CC)(CC)CC)C1=O. The number of nitrogens with one attached hydrogen (secondary N) is 1. The van der Waals surface area contributed by atoms with E-state index in [1.165, 1.54) is 4.90 Å². The molecule has 4 nitrogen and oxygen atoms in total. The van der Waals surface area contributed by atoms with E-state index in [-0.39, 0.29) is 23.4 Å². The first-order valence-electron chi connectivity index (χ1n) is 6.65. The van der Waals surface area contributed by atoms with E-state index in [4.69, 9.17) is 0 Å². The van der Waals surface area contributed by atoms with E-state index in [0.717, 1.165) is 19.3 Å². The fourth-order valence-electron chi connectivity index (χ4n) is 2.55. The molecule has 0 spiro atoms. The van der Waals surface area contributed by atoms with Crippen LogP contribution in [-0.4, -0.2) is 34.8 Å². The molecule has 1 atom stereocenters. The summed E-state index contributed by atoms with van der Waals surface area (Å²) in [6.45, 7) is 8.69. The summed E-state index contributed by atoms with van der Waals surface area (Å²) in [6, 6.07) is -0.317. The Morgan fingerprint density at radius 3 is 2.06 bits per heavy atom. The summed E-state index contributed by atoms with van der Waals surface area (Å²) >= 11 is 0. The monoisotopic (exact) mass is 240 g/mol. The topological polar surface area (TPSA) is 49.4 Å². The molecule has 1 heterocycles. The van der Waals surface area contributed by atoms with Gasteiger partial charge in [-0.05, 0) is 26.2 Å². The van der Waals surface area contributed by atoms with Gasteiger partial charge in [0.25, 0.3) is 0 Å². The van der Waals surface area contributed by atoms with Crippen molar-refractivity contribution in [2.45, 2.75) is 65.0 Å². The molecule has 1 saturated heterocycles. The second kappa shape index (κ2) is 5.63. The average Bonchev–Trinajstić information content (AvgIpc) is 2.61. The molecular formula is C13H24N2O2. The Morgan fingerprint density at radius 2 is 1.71 bits per heavy atom. The van der Waals surface area contributed by atoms with Crippen molar-refractivity contribution in [1.29, 1.82) is 0 Å². The fourth-order valence-corrected chi connectivity index (χ4v) is 2.55. The molecule has 2 amide bonds. The molecule has 1 unspecified atom stereocenters. The van der Waals surface area contributed by atoms with Crippen LogP contribution in [0.15, 0.2) is 0 Å². The minimum atomic E-state index is -0.317. The predicted molar refractivity (Wildman–Crippen MR) is 67.5 cm³/mol. The zero-order valence-corrected chi connectivity index (χ0v) is 11.4. The lowest BCUT2D eigenvalue weighted by atomic mass is 9.88. The zero-order valence-electron chi connectivity index (χ0n) is 11.4. The molecule has 0 aromatic carbocycles. The normalized spacial score (nSPS) is 21.4. The average molecular weight is 240 g/mol. The maximum atomic E-state index is 12.0. The highest BCUT2D eigenvalue weighted by molar-refractivity contribution is 6.05. The molecule has 98 valence electrons. The molecule has 1 aliphatic rings. The summed E-state index contributed by atoms with van der Waals surface area (Å²) in [6.07, 6.45) is 3.24. The Hall–Kier alpha value is -0.900. The number of carbonyl (C=O) groups is 2. The van der Waals surface area contributed by atoms with Crippen LogP contribution in [0.1, 0.15) is 53.4 Å². The number of nitrogens with zero attached hydrogens (tertiary/aromatic N) is 1. The van der Waals surface area contributed by atoms with E-state index in [1.807, 2.05) is 6.92 Å². The Balaban J connectivity index is 2.76. The van der Waals surface area contributed by atoms with Gasteiger partial charge in [-0.15, -0.1) is 0 Å². The van der Waals surface area contributed by atoms with Crippen molar-refractivity contribution in [1.82, 2.24) is 10.2 Å². The van der Waals surface area contributed by atoms with Gasteiger partial charge in [0, 0.05) is 12.1 Å². The highest BCUT2D eigenvalue weighted by Crippen LogP contribution is 2.23. The summed E-state index contributed by atoms with van der Waals surface area (Å²) < 4.78 is 0. The van der Waals surface area contributed by atoms with Crippen LogP contribution in [0.3, 0.4) is 0 Å². The summed E-state index contributed by atoms with van der Waals surface area (Å²) in [4.78, 5) is 25.0. The quantitative estimate of drug-likeness (QED) is 0.719. The van der Waals surface area contributed by atoms with Gasteiger partial charge in [0.05, 0.1) is 12.5 Å². The number of carbonyl (C=O) groups excluding carboxylic acids is 2. The number of rotatable bonds is 6. The maximum absolute atomic E-state index is 12.0. The molecule has 0 bridgehead atoms. The first-order chi connectivity index (χ1) is 8.03. The Morgan fingerprint density at radius 1 is 1.18 bits per heavy atom. The van der Waals surface area contributed by atoms with Gasteiger partial charge in [-0.2, -0.15) is 0 Å². The number of hydrogen-bond donors (Lipinski definition) is 1. The van der Waals surface area contributed by atoms with Crippen molar-refractivity contribution in [3.63, 3.8) is 0 Å². The van der Waals surface area contributed by atoms with Crippen molar-refractivity contribution < 1.29 is 9.59 Å². The Kier molecular flexibility index (Phi) is 4.69. The van der Waals surface area contributed by atoms with Crippen molar-refractivity contribution in [2.24, 2.45) is 0 Å². The second-order valence-electron chi connectivity index (χ2n) is 4.72. The number of hydrogen-bond acceptors (Lipinski definition) is 3. The van der Waals surface area contributed by atoms with E-state index in [1.54, 1.807) is 0 Å². The molecule has 1 N–H and O–H groups in total. The van der Waals surface area contributed by atoms with E-state index in [0.29, 0.717) is 13.0 Å². The molecule has 0 aliphatic carbocycles. The highest BCUT2D eigenvalue weighted by atomic mass is 16.2. The second-order valence-corrected chi connectivity index (χ2v) is 4.72. The smallest absolute Gasteiger partial charge is 0.246 e. The fraction of sp³-hybridized carbons (Fsp3) is 0.846. The minimum absolute atomic E-state index is 0.00957. The zero-order chi connectivity index (χ0) is 13.1. The van der Waals surface area contributed by atoms with Crippen LogP contribution in [0.5, 0.6) is 0 Å². The number of amides is 2. The summed E-state index contributed by atoms with van der Waals surface area (Å²) in [7, 11) is 0. The Labute approximate surface area is 104 Å². The van der Waals surface area contributed by atoms with Crippen LogP contribution in [-0.2, 0) is 9.59 Å².